The molecule has 110 valence electrons. The number of rotatable bonds is 5. The molecule has 21 heavy (non-hydrogen) atoms. The smallest absolute Gasteiger partial charge is 0.135 e. The van der Waals surface area contributed by atoms with Gasteiger partial charge in [-0.05, 0) is 49.6 Å². The number of hydrogen-bond donors (Lipinski definition) is 1. The average molecular weight is 284 g/mol. The van der Waals surface area contributed by atoms with Crippen molar-refractivity contribution < 1.29 is 9.53 Å². The van der Waals surface area contributed by atoms with E-state index in [0.717, 1.165) is 29.0 Å². The summed E-state index contributed by atoms with van der Waals surface area (Å²) < 4.78 is 5.92. The Bertz CT molecular complexity index is 666. The third kappa shape index (κ3) is 3.60. The Balaban J connectivity index is 2.28. The Kier molecular flexibility index (Phi) is 4.58. The van der Waals surface area contributed by atoms with Crippen LogP contribution in [0, 0.1) is 6.92 Å². The van der Waals surface area contributed by atoms with Crippen LogP contribution in [0.4, 0.5) is 5.69 Å². The van der Waals surface area contributed by atoms with Crippen LogP contribution in [0.5, 0.6) is 11.5 Å². The van der Waals surface area contributed by atoms with Crippen molar-refractivity contribution in [3.05, 3.63) is 47.3 Å². The Labute approximate surface area is 125 Å². The van der Waals surface area contributed by atoms with E-state index in [4.69, 9.17) is 10.5 Å². The topological polar surface area (TPSA) is 65.2 Å². The van der Waals surface area contributed by atoms with E-state index in [1.165, 1.54) is 0 Å². The van der Waals surface area contributed by atoms with Gasteiger partial charge in [-0.25, -0.2) is 0 Å². The summed E-state index contributed by atoms with van der Waals surface area (Å²) in [4.78, 5) is 15.3. The number of anilines is 1. The fraction of sp³-hybridized carbons (Fsp3) is 0.294. The van der Waals surface area contributed by atoms with Gasteiger partial charge in [-0.1, -0.05) is 6.92 Å². The molecule has 1 heterocycles. The van der Waals surface area contributed by atoms with E-state index >= 15 is 0 Å². The summed E-state index contributed by atoms with van der Waals surface area (Å²) in [6.07, 6.45) is 2.83. The Morgan fingerprint density at radius 2 is 2.10 bits per heavy atom. The molecule has 0 spiro atoms. The highest BCUT2D eigenvalue weighted by atomic mass is 16.5. The number of ether oxygens (including phenoxy) is 1. The third-order valence-electron chi connectivity index (χ3n) is 3.38. The molecule has 2 N–H and O–H groups in total. The van der Waals surface area contributed by atoms with Gasteiger partial charge in [-0.3, -0.25) is 9.78 Å². The molecule has 0 saturated carbocycles. The molecule has 0 radical (unpaired) electrons. The minimum atomic E-state index is 0.0802. The first-order valence-corrected chi connectivity index (χ1v) is 7.01. The molecule has 0 aliphatic heterocycles. The predicted octanol–water partition coefficient (Wildman–Crippen LogP) is 3.46. The lowest BCUT2D eigenvalue weighted by atomic mass is 10.0. The summed E-state index contributed by atoms with van der Waals surface area (Å²) in [5.41, 5.74) is 9.61. The van der Waals surface area contributed by atoms with Gasteiger partial charge in [0.2, 0.25) is 0 Å². The molecular formula is C17H20N2O2. The second-order valence-corrected chi connectivity index (χ2v) is 5.07. The summed E-state index contributed by atoms with van der Waals surface area (Å²) in [5, 5.41) is 0. The molecule has 0 unspecified atom stereocenters. The lowest BCUT2D eigenvalue weighted by molar-refractivity contribution is -0.116. The minimum absolute atomic E-state index is 0.0802. The summed E-state index contributed by atoms with van der Waals surface area (Å²) in [5.74, 6) is 1.54. The fourth-order valence-electron chi connectivity index (χ4n) is 2.33. The molecule has 0 aliphatic rings. The molecule has 1 aromatic carbocycles. The Morgan fingerprint density at radius 3 is 2.76 bits per heavy atom. The maximum absolute atomic E-state index is 11.2. The van der Waals surface area contributed by atoms with E-state index in [1.807, 2.05) is 19.1 Å². The zero-order chi connectivity index (χ0) is 15.4. The second-order valence-electron chi connectivity index (χ2n) is 5.07. The van der Waals surface area contributed by atoms with Gasteiger partial charge in [-0.15, -0.1) is 0 Å². The van der Waals surface area contributed by atoms with Gasteiger partial charge in [0.15, 0.2) is 0 Å². The molecule has 1 aromatic heterocycles. The number of aromatic nitrogens is 1. The van der Waals surface area contributed by atoms with Crippen molar-refractivity contribution >= 4 is 11.5 Å². The maximum atomic E-state index is 11.2. The first kappa shape index (κ1) is 15.0. The number of nitrogens with zero attached hydrogens (tertiary/aromatic N) is 1. The highest BCUT2D eigenvalue weighted by Crippen LogP contribution is 2.30. The molecule has 2 aromatic rings. The van der Waals surface area contributed by atoms with Crippen molar-refractivity contribution in [1.29, 1.82) is 0 Å². The number of hydrogen-bond acceptors (Lipinski definition) is 4. The highest BCUT2D eigenvalue weighted by molar-refractivity contribution is 5.77. The molecule has 0 fully saturated rings. The molecule has 0 saturated heterocycles. The van der Waals surface area contributed by atoms with Crippen molar-refractivity contribution in [1.82, 2.24) is 4.98 Å². The van der Waals surface area contributed by atoms with Gasteiger partial charge in [0.25, 0.3) is 0 Å². The molecule has 2 rings (SSSR count). The van der Waals surface area contributed by atoms with E-state index in [-0.39, 0.29) is 5.78 Å². The predicted molar refractivity (Wildman–Crippen MR) is 83.7 cm³/mol. The number of Topliss-reactive ketones (excluding diaryl/α,β-unsaturated/α-hetero) is 1. The van der Waals surface area contributed by atoms with E-state index in [0.29, 0.717) is 17.9 Å². The number of carbonyl (C=O) groups is 1. The summed E-state index contributed by atoms with van der Waals surface area (Å²) in [7, 11) is 0. The molecular weight excluding hydrogens is 264 g/mol. The van der Waals surface area contributed by atoms with Crippen LogP contribution in [0.15, 0.2) is 30.5 Å². The van der Waals surface area contributed by atoms with Gasteiger partial charge in [0, 0.05) is 24.4 Å². The van der Waals surface area contributed by atoms with Crippen LogP contribution in [-0.4, -0.2) is 10.8 Å². The van der Waals surface area contributed by atoms with Crippen LogP contribution in [0.2, 0.25) is 0 Å². The second kappa shape index (κ2) is 6.39. The summed E-state index contributed by atoms with van der Waals surface area (Å²) in [6.45, 7) is 5.62. The number of nitrogen functional groups attached to an aromatic ring is 1. The van der Waals surface area contributed by atoms with Crippen LogP contribution in [0.25, 0.3) is 0 Å². The first-order chi connectivity index (χ1) is 10.0. The zero-order valence-corrected chi connectivity index (χ0v) is 12.6. The average Bonchev–Trinajstić information content (AvgIpc) is 2.42. The van der Waals surface area contributed by atoms with Crippen molar-refractivity contribution in [2.24, 2.45) is 0 Å². The summed E-state index contributed by atoms with van der Waals surface area (Å²) in [6, 6.07) is 7.31. The van der Waals surface area contributed by atoms with Crippen LogP contribution in [0.1, 0.15) is 30.7 Å². The Morgan fingerprint density at radius 1 is 1.33 bits per heavy atom. The molecule has 4 nitrogen and oxygen atoms in total. The molecule has 0 bridgehead atoms. The van der Waals surface area contributed by atoms with Crippen LogP contribution < -0.4 is 10.5 Å². The van der Waals surface area contributed by atoms with E-state index < -0.39 is 0 Å². The zero-order valence-electron chi connectivity index (χ0n) is 12.6. The Hall–Kier alpha value is -2.36. The van der Waals surface area contributed by atoms with Crippen LogP contribution in [-0.2, 0) is 17.6 Å². The normalized spacial score (nSPS) is 10.4. The largest absolute Gasteiger partial charge is 0.457 e. The van der Waals surface area contributed by atoms with Crippen LogP contribution in [0.3, 0.4) is 0 Å². The molecule has 0 atom stereocenters. The molecule has 0 aliphatic carbocycles. The fourth-order valence-corrected chi connectivity index (χ4v) is 2.33. The van der Waals surface area contributed by atoms with Crippen LogP contribution >= 0.6 is 0 Å². The molecule has 0 amide bonds. The third-order valence-corrected chi connectivity index (χ3v) is 3.38. The number of ketones is 1. The van der Waals surface area contributed by atoms with Crippen molar-refractivity contribution in [3.8, 4) is 11.5 Å². The van der Waals surface area contributed by atoms with Gasteiger partial charge >= 0.3 is 0 Å². The van der Waals surface area contributed by atoms with Gasteiger partial charge in [0.1, 0.15) is 17.3 Å². The highest BCUT2D eigenvalue weighted by Gasteiger charge is 2.09. The standard InChI is InChI=1S/C17H20N2O2/c1-4-15-12(3)17(6-5-16(15)18)21-14-7-8-19-13(10-14)9-11(2)20/h5-8,10H,4,9,18H2,1-3H3. The van der Waals surface area contributed by atoms with Crippen molar-refractivity contribution in [2.45, 2.75) is 33.6 Å². The number of pyridine rings is 1. The van der Waals surface area contributed by atoms with Gasteiger partial charge in [-0.2, -0.15) is 0 Å². The molecule has 4 heteroatoms. The monoisotopic (exact) mass is 284 g/mol. The lowest BCUT2D eigenvalue weighted by Crippen LogP contribution is -2.00. The first-order valence-electron chi connectivity index (χ1n) is 7.01. The van der Waals surface area contributed by atoms with E-state index in [1.54, 1.807) is 25.3 Å². The van der Waals surface area contributed by atoms with Gasteiger partial charge < -0.3 is 10.5 Å². The maximum Gasteiger partial charge on any atom is 0.135 e. The SMILES string of the molecule is CCc1c(N)ccc(Oc2ccnc(CC(C)=O)c2)c1C. The van der Waals surface area contributed by atoms with Gasteiger partial charge in [0.05, 0.1) is 5.69 Å². The number of carbonyl (C=O) groups excluding carboxylic acids is 1. The minimum Gasteiger partial charge on any atom is -0.457 e. The lowest BCUT2D eigenvalue weighted by Gasteiger charge is -2.14. The number of nitrogens with two attached hydrogens (primary N) is 1. The van der Waals surface area contributed by atoms with Crippen molar-refractivity contribution in [3.63, 3.8) is 0 Å². The quantitative estimate of drug-likeness (QED) is 0.854. The summed E-state index contributed by atoms with van der Waals surface area (Å²) >= 11 is 0. The number of benzene rings is 1. The van der Waals surface area contributed by atoms with E-state index in [2.05, 4.69) is 11.9 Å². The van der Waals surface area contributed by atoms with Crippen molar-refractivity contribution in [2.75, 3.05) is 5.73 Å². The van der Waals surface area contributed by atoms with E-state index in [9.17, 15) is 4.79 Å².